The third-order valence-corrected chi connectivity index (χ3v) is 1.49. The summed E-state index contributed by atoms with van der Waals surface area (Å²) >= 11 is 0. The molecule has 0 atom stereocenters. The van der Waals surface area contributed by atoms with Crippen molar-refractivity contribution in [3.8, 4) is 0 Å². The van der Waals surface area contributed by atoms with Crippen molar-refractivity contribution in [2.45, 2.75) is 0 Å². The van der Waals surface area contributed by atoms with Crippen LogP contribution in [0.3, 0.4) is 0 Å². The predicted molar refractivity (Wildman–Crippen MR) is 41.5 cm³/mol. The van der Waals surface area contributed by atoms with Crippen LogP contribution in [0.15, 0.2) is 24.5 Å². The lowest BCUT2D eigenvalue weighted by atomic mass is 10.5. The van der Waals surface area contributed by atoms with E-state index in [-0.39, 0.29) is 5.69 Å². The summed E-state index contributed by atoms with van der Waals surface area (Å²) in [6, 6.07) is 3.49. The van der Waals surface area contributed by atoms with Gasteiger partial charge in [-0.3, -0.25) is 4.79 Å². The normalized spacial score (nSPS) is 10.3. The number of nitrogens with zero attached hydrogens (tertiary/aromatic N) is 3. The minimum Gasteiger partial charge on any atom is -0.364 e. The lowest BCUT2D eigenvalue weighted by Crippen LogP contribution is -2.10. The van der Waals surface area contributed by atoms with E-state index in [1.807, 2.05) is 0 Å². The summed E-state index contributed by atoms with van der Waals surface area (Å²) in [5, 5.41) is 3.93. The van der Waals surface area contributed by atoms with Crippen molar-refractivity contribution in [1.82, 2.24) is 14.6 Å². The Kier molecular flexibility index (Phi) is 1.30. The van der Waals surface area contributed by atoms with Gasteiger partial charge in [-0.25, -0.2) is 9.50 Å². The molecule has 0 fully saturated rings. The molecule has 1 amide bonds. The summed E-state index contributed by atoms with van der Waals surface area (Å²) in [5.41, 5.74) is 5.88. The van der Waals surface area contributed by atoms with E-state index < -0.39 is 5.91 Å². The largest absolute Gasteiger partial charge is 0.364 e. The second kappa shape index (κ2) is 2.30. The topological polar surface area (TPSA) is 73.3 Å². The fourth-order valence-electron chi connectivity index (χ4n) is 0.950. The second-order valence-electron chi connectivity index (χ2n) is 2.32. The smallest absolute Gasteiger partial charge is 0.268 e. The number of fused-ring (bicyclic) bond motifs is 1. The number of amides is 1. The Morgan fingerprint density at radius 1 is 1.58 bits per heavy atom. The van der Waals surface area contributed by atoms with Crippen LogP contribution >= 0.6 is 0 Å². The molecule has 0 aliphatic rings. The molecule has 12 heavy (non-hydrogen) atoms. The minimum absolute atomic E-state index is 0.230. The number of hydrogen-bond donors (Lipinski definition) is 1. The lowest BCUT2D eigenvalue weighted by molar-refractivity contribution is 0.0996. The van der Waals surface area contributed by atoms with Gasteiger partial charge in [0.25, 0.3) is 5.91 Å². The van der Waals surface area contributed by atoms with Gasteiger partial charge in [0.2, 0.25) is 0 Å². The number of carbonyl (C=O) groups is 1. The van der Waals surface area contributed by atoms with Crippen LogP contribution in [0.1, 0.15) is 10.5 Å². The van der Waals surface area contributed by atoms with Crippen molar-refractivity contribution in [1.29, 1.82) is 0 Å². The number of aromatic nitrogens is 3. The van der Waals surface area contributed by atoms with Crippen LogP contribution in [0, 0.1) is 0 Å². The molecule has 0 unspecified atom stereocenters. The maximum absolute atomic E-state index is 10.7. The molecule has 5 nitrogen and oxygen atoms in total. The van der Waals surface area contributed by atoms with E-state index in [9.17, 15) is 4.79 Å². The number of imidazole rings is 1. The molecule has 0 aliphatic heterocycles. The fourth-order valence-corrected chi connectivity index (χ4v) is 0.950. The van der Waals surface area contributed by atoms with Crippen LogP contribution in [0.25, 0.3) is 5.65 Å². The van der Waals surface area contributed by atoms with Gasteiger partial charge < -0.3 is 5.73 Å². The van der Waals surface area contributed by atoms with Crippen molar-refractivity contribution < 1.29 is 4.79 Å². The quantitative estimate of drug-likeness (QED) is 0.632. The van der Waals surface area contributed by atoms with Gasteiger partial charge in [-0.2, -0.15) is 5.10 Å². The maximum atomic E-state index is 10.7. The number of carbonyl (C=O) groups excluding carboxylic acids is 1. The molecule has 2 aromatic rings. The summed E-state index contributed by atoms with van der Waals surface area (Å²) in [6.45, 7) is 0. The Morgan fingerprint density at radius 3 is 3.08 bits per heavy atom. The molecule has 0 aliphatic carbocycles. The zero-order valence-electron chi connectivity index (χ0n) is 6.14. The molecule has 0 bridgehead atoms. The van der Waals surface area contributed by atoms with Gasteiger partial charge in [0.15, 0.2) is 5.65 Å². The van der Waals surface area contributed by atoms with Gasteiger partial charge in [0, 0.05) is 6.20 Å². The average Bonchev–Trinajstić information content (AvgIpc) is 2.46. The molecular weight excluding hydrogens is 156 g/mol. The number of primary amides is 1. The van der Waals surface area contributed by atoms with E-state index in [2.05, 4.69) is 10.1 Å². The zero-order chi connectivity index (χ0) is 8.55. The van der Waals surface area contributed by atoms with Crippen molar-refractivity contribution in [2.24, 2.45) is 5.73 Å². The van der Waals surface area contributed by atoms with Crippen molar-refractivity contribution >= 4 is 11.6 Å². The van der Waals surface area contributed by atoms with Gasteiger partial charge in [-0.05, 0) is 12.1 Å². The van der Waals surface area contributed by atoms with Gasteiger partial charge >= 0.3 is 0 Å². The first kappa shape index (κ1) is 6.78. The SMILES string of the molecule is NC(=O)c1cn2ncccc2n1. The van der Waals surface area contributed by atoms with Crippen molar-refractivity contribution in [3.63, 3.8) is 0 Å². The molecule has 2 aromatic heterocycles. The molecule has 0 spiro atoms. The van der Waals surface area contributed by atoms with E-state index in [1.165, 1.54) is 10.7 Å². The highest BCUT2D eigenvalue weighted by molar-refractivity contribution is 5.91. The molecule has 0 saturated heterocycles. The van der Waals surface area contributed by atoms with Crippen LogP contribution < -0.4 is 5.73 Å². The Bertz CT molecular complexity index is 401. The summed E-state index contributed by atoms with van der Waals surface area (Å²) in [4.78, 5) is 14.6. The Labute approximate surface area is 67.8 Å². The predicted octanol–water partition coefficient (Wildman–Crippen LogP) is -0.172. The summed E-state index contributed by atoms with van der Waals surface area (Å²) in [6.07, 6.45) is 3.11. The van der Waals surface area contributed by atoms with Gasteiger partial charge in [-0.15, -0.1) is 0 Å². The Hall–Kier alpha value is -1.91. The standard InChI is InChI=1S/C7H6N4O/c8-7(12)5-4-11-6(10-5)2-1-3-9-11/h1-4H,(H2,8,12). The molecule has 60 valence electrons. The summed E-state index contributed by atoms with van der Waals surface area (Å²) < 4.78 is 1.50. The van der Waals surface area contributed by atoms with Crippen molar-refractivity contribution in [2.75, 3.05) is 0 Å². The summed E-state index contributed by atoms with van der Waals surface area (Å²) in [7, 11) is 0. The molecule has 0 saturated carbocycles. The van der Waals surface area contributed by atoms with Crippen LogP contribution in [-0.4, -0.2) is 20.5 Å². The molecule has 0 radical (unpaired) electrons. The van der Waals surface area contributed by atoms with Crippen LogP contribution in [0.4, 0.5) is 0 Å². The zero-order valence-corrected chi connectivity index (χ0v) is 6.14. The fraction of sp³-hybridized carbons (Fsp3) is 0. The first-order chi connectivity index (χ1) is 5.77. The van der Waals surface area contributed by atoms with Gasteiger partial charge in [-0.1, -0.05) is 0 Å². The highest BCUT2D eigenvalue weighted by Gasteiger charge is 2.05. The summed E-state index contributed by atoms with van der Waals surface area (Å²) in [5.74, 6) is -0.541. The van der Waals surface area contributed by atoms with E-state index in [0.29, 0.717) is 5.65 Å². The molecular formula is C7H6N4O. The molecule has 5 heteroatoms. The highest BCUT2D eigenvalue weighted by Crippen LogP contribution is 2.00. The number of hydrogen-bond acceptors (Lipinski definition) is 3. The highest BCUT2D eigenvalue weighted by atomic mass is 16.1. The van der Waals surface area contributed by atoms with Gasteiger partial charge in [0.1, 0.15) is 5.69 Å². The molecule has 2 rings (SSSR count). The Balaban J connectivity index is 2.70. The maximum Gasteiger partial charge on any atom is 0.268 e. The third kappa shape index (κ3) is 0.914. The van der Waals surface area contributed by atoms with Crippen LogP contribution in [-0.2, 0) is 0 Å². The van der Waals surface area contributed by atoms with E-state index in [4.69, 9.17) is 5.73 Å². The lowest BCUT2D eigenvalue weighted by Gasteiger charge is -1.85. The van der Waals surface area contributed by atoms with Crippen LogP contribution in [0.2, 0.25) is 0 Å². The average molecular weight is 162 g/mol. The monoisotopic (exact) mass is 162 g/mol. The first-order valence-electron chi connectivity index (χ1n) is 3.37. The van der Waals surface area contributed by atoms with E-state index in [0.717, 1.165) is 0 Å². The van der Waals surface area contributed by atoms with Crippen LogP contribution in [0.5, 0.6) is 0 Å². The second-order valence-corrected chi connectivity index (χ2v) is 2.32. The number of nitrogens with two attached hydrogens (primary N) is 1. The van der Waals surface area contributed by atoms with Crippen molar-refractivity contribution in [3.05, 3.63) is 30.2 Å². The van der Waals surface area contributed by atoms with E-state index in [1.54, 1.807) is 18.3 Å². The minimum atomic E-state index is -0.541. The van der Waals surface area contributed by atoms with Gasteiger partial charge in [0.05, 0.1) is 6.20 Å². The molecule has 2 N–H and O–H groups in total. The number of rotatable bonds is 1. The first-order valence-corrected chi connectivity index (χ1v) is 3.37. The molecule has 2 heterocycles. The molecule has 0 aromatic carbocycles. The Morgan fingerprint density at radius 2 is 2.42 bits per heavy atom. The van der Waals surface area contributed by atoms with E-state index >= 15 is 0 Å². The third-order valence-electron chi connectivity index (χ3n) is 1.49.